The van der Waals surface area contributed by atoms with Gasteiger partial charge in [-0.1, -0.05) is 24.3 Å². The predicted molar refractivity (Wildman–Crippen MR) is 72.8 cm³/mol. The average molecular weight is 250 g/mol. The highest BCUT2D eigenvalue weighted by Crippen LogP contribution is 2.16. The fraction of sp³-hybridized carbons (Fsp3) is 0.500. The van der Waals surface area contributed by atoms with E-state index in [9.17, 15) is 4.79 Å². The number of aliphatic carboxylic acids is 1. The molecular weight excluding hydrogens is 228 g/mol. The van der Waals surface area contributed by atoms with Gasteiger partial charge in [-0.25, -0.2) is 0 Å². The van der Waals surface area contributed by atoms with E-state index < -0.39 is 11.9 Å². The molecule has 0 aliphatic rings. The van der Waals surface area contributed by atoms with Gasteiger partial charge in [0.1, 0.15) is 0 Å². The lowest BCUT2D eigenvalue weighted by atomic mass is 10.00. The Morgan fingerprint density at radius 3 is 2.50 bits per heavy atom. The van der Waals surface area contributed by atoms with Crippen LogP contribution in [0.4, 0.5) is 0 Å². The molecule has 0 amide bonds. The van der Waals surface area contributed by atoms with E-state index in [2.05, 4.69) is 17.3 Å². The lowest BCUT2D eigenvalue weighted by Gasteiger charge is -2.16. The summed E-state index contributed by atoms with van der Waals surface area (Å²) in [5.41, 5.74) is 2.05. The Morgan fingerprint density at radius 1 is 1.39 bits per heavy atom. The Bertz CT molecular complexity index is 376. The third kappa shape index (κ3) is 4.47. The average Bonchev–Trinajstić information content (AvgIpc) is 2.36. The molecule has 4 nitrogen and oxygen atoms in total. The molecule has 0 fully saturated rings. The molecule has 0 saturated heterocycles. The minimum atomic E-state index is -0.783. The third-order valence-electron chi connectivity index (χ3n) is 3.05. The molecule has 18 heavy (non-hydrogen) atoms. The number of carbonyl (C=O) groups is 1. The van der Waals surface area contributed by atoms with Gasteiger partial charge in [0.25, 0.3) is 0 Å². The Morgan fingerprint density at radius 2 is 2.00 bits per heavy atom. The van der Waals surface area contributed by atoms with E-state index in [4.69, 9.17) is 5.11 Å². The van der Waals surface area contributed by atoms with Crippen molar-refractivity contribution < 1.29 is 9.90 Å². The van der Waals surface area contributed by atoms with Gasteiger partial charge in [0, 0.05) is 19.6 Å². The molecule has 1 atom stereocenters. The molecule has 4 heteroatoms. The lowest BCUT2D eigenvalue weighted by Crippen LogP contribution is -2.26. The van der Waals surface area contributed by atoms with Gasteiger partial charge in [0.15, 0.2) is 0 Å². The van der Waals surface area contributed by atoms with Crippen molar-refractivity contribution in [3.8, 4) is 0 Å². The first-order chi connectivity index (χ1) is 8.54. The molecule has 2 N–H and O–H groups in total. The van der Waals surface area contributed by atoms with Crippen LogP contribution in [0.25, 0.3) is 0 Å². The number of benzene rings is 1. The van der Waals surface area contributed by atoms with Gasteiger partial charge < -0.3 is 15.3 Å². The lowest BCUT2D eigenvalue weighted by molar-refractivity contribution is -0.138. The first-order valence-corrected chi connectivity index (χ1v) is 6.19. The van der Waals surface area contributed by atoms with Crippen LogP contribution in [0.2, 0.25) is 0 Å². The van der Waals surface area contributed by atoms with Gasteiger partial charge in [-0.3, -0.25) is 4.79 Å². The van der Waals surface area contributed by atoms with Crippen LogP contribution in [0.3, 0.4) is 0 Å². The van der Waals surface area contributed by atoms with E-state index in [-0.39, 0.29) is 0 Å². The number of carboxylic acid groups (broad SMARTS) is 1. The van der Waals surface area contributed by atoms with Crippen LogP contribution in [-0.2, 0) is 11.3 Å². The van der Waals surface area contributed by atoms with Crippen LogP contribution in [-0.4, -0.2) is 43.2 Å². The van der Waals surface area contributed by atoms with Crippen molar-refractivity contribution in [1.29, 1.82) is 0 Å². The third-order valence-corrected chi connectivity index (χ3v) is 3.05. The molecule has 0 aliphatic heterocycles. The predicted octanol–water partition coefficient (Wildman–Crippen LogP) is 1.53. The molecular formula is C14H22N2O2. The van der Waals surface area contributed by atoms with Crippen molar-refractivity contribution in [3.05, 3.63) is 35.4 Å². The number of rotatable bonds is 7. The van der Waals surface area contributed by atoms with E-state index in [0.29, 0.717) is 0 Å². The van der Waals surface area contributed by atoms with Crippen molar-refractivity contribution in [2.24, 2.45) is 0 Å². The number of hydrogen-bond acceptors (Lipinski definition) is 3. The van der Waals surface area contributed by atoms with Gasteiger partial charge in [0.2, 0.25) is 0 Å². The Balaban J connectivity index is 2.57. The molecule has 1 aromatic carbocycles. The highest BCUT2D eigenvalue weighted by Gasteiger charge is 2.13. The van der Waals surface area contributed by atoms with Gasteiger partial charge in [-0.15, -0.1) is 0 Å². The standard InChI is InChI=1S/C14H22N2O2/c1-11(14(17)18)13-6-4-12(5-7-13)10-16(3)9-8-15-2/h4-7,11,15H,8-10H2,1-3H3,(H,17,18). The van der Waals surface area contributed by atoms with Crippen LogP contribution in [0.1, 0.15) is 24.0 Å². The van der Waals surface area contributed by atoms with E-state index in [1.165, 1.54) is 5.56 Å². The molecule has 0 saturated carbocycles. The highest BCUT2D eigenvalue weighted by molar-refractivity contribution is 5.75. The van der Waals surface area contributed by atoms with Crippen molar-refractivity contribution in [2.75, 3.05) is 27.2 Å². The summed E-state index contributed by atoms with van der Waals surface area (Å²) in [6, 6.07) is 7.81. The maximum atomic E-state index is 10.9. The molecule has 0 heterocycles. The maximum Gasteiger partial charge on any atom is 0.310 e. The van der Waals surface area contributed by atoms with Crippen LogP contribution in [0.15, 0.2) is 24.3 Å². The van der Waals surface area contributed by atoms with Gasteiger partial charge in [0.05, 0.1) is 5.92 Å². The van der Waals surface area contributed by atoms with Crippen molar-refractivity contribution in [1.82, 2.24) is 10.2 Å². The fourth-order valence-corrected chi connectivity index (χ4v) is 1.75. The number of likely N-dealkylation sites (N-methyl/N-ethyl adjacent to an activating group) is 2. The summed E-state index contributed by atoms with van der Waals surface area (Å²) in [6.45, 7) is 4.54. The molecule has 0 aromatic heterocycles. The van der Waals surface area contributed by atoms with E-state index in [0.717, 1.165) is 25.2 Å². The molecule has 1 rings (SSSR count). The Hall–Kier alpha value is -1.39. The molecule has 0 bridgehead atoms. The summed E-state index contributed by atoms with van der Waals surface area (Å²) in [7, 11) is 4.01. The van der Waals surface area contributed by atoms with Crippen LogP contribution in [0.5, 0.6) is 0 Å². The summed E-state index contributed by atoms with van der Waals surface area (Å²) in [4.78, 5) is 13.1. The van der Waals surface area contributed by atoms with Crippen LogP contribution >= 0.6 is 0 Å². The number of nitrogens with zero attached hydrogens (tertiary/aromatic N) is 1. The number of carboxylic acids is 1. The van der Waals surface area contributed by atoms with Crippen LogP contribution < -0.4 is 5.32 Å². The summed E-state index contributed by atoms with van der Waals surface area (Å²) in [6.07, 6.45) is 0. The van der Waals surface area contributed by atoms with Crippen molar-refractivity contribution >= 4 is 5.97 Å². The van der Waals surface area contributed by atoms with E-state index >= 15 is 0 Å². The van der Waals surface area contributed by atoms with Gasteiger partial charge >= 0.3 is 5.97 Å². The maximum absolute atomic E-state index is 10.9. The highest BCUT2D eigenvalue weighted by atomic mass is 16.4. The Kier molecular flexibility index (Phi) is 5.82. The zero-order valence-electron chi connectivity index (χ0n) is 11.3. The fourth-order valence-electron chi connectivity index (χ4n) is 1.75. The molecule has 0 radical (unpaired) electrons. The summed E-state index contributed by atoms with van der Waals surface area (Å²) in [5.74, 6) is -1.23. The quantitative estimate of drug-likeness (QED) is 0.770. The summed E-state index contributed by atoms with van der Waals surface area (Å²) in [5, 5.41) is 12.0. The van der Waals surface area contributed by atoms with E-state index in [1.807, 2.05) is 31.3 Å². The van der Waals surface area contributed by atoms with E-state index in [1.54, 1.807) is 6.92 Å². The molecule has 0 aliphatic carbocycles. The second-order valence-corrected chi connectivity index (χ2v) is 4.64. The molecule has 1 unspecified atom stereocenters. The second kappa shape index (κ2) is 7.13. The minimum Gasteiger partial charge on any atom is -0.481 e. The topological polar surface area (TPSA) is 52.6 Å². The molecule has 1 aromatic rings. The Labute approximate surface area is 109 Å². The largest absolute Gasteiger partial charge is 0.481 e. The van der Waals surface area contributed by atoms with Crippen molar-refractivity contribution in [2.45, 2.75) is 19.4 Å². The molecule has 100 valence electrons. The van der Waals surface area contributed by atoms with Gasteiger partial charge in [-0.05, 0) is 32.1 Å². The zero-order chi connectivity index (χ0) is 13.5. The first kappa shape index (κ1) is 14.7. The SMILES string of the molecule is CNCCN(C)Cc1ccc(C(C)C(=O)O)cc1. The summed E-state index contributed by atoms with van der Waals surface area (Å²) < 4.78 is 0. The number of nitrogens with one attached hydrogen (secondary N) is 1. The normalized spacial score (nSPS) is 12.7. The van der Waals surface area contributed by atoms with Crippen molar-refractivity contribution in [3.63, 3.8) is 0 Å². The summed E-state index contributed by atoms with van der Waals surface area (Å²) >= 11 is 0. The second-order valence-electron chi connectivity index (χ2n) is 4.64. The monoisotopic (exact) mass is 250 g/mol. The zero-order valence-corrected chi connectivity index (χ0v) is 11.3. The van der Waals surface area contributed by atoms with Crippen LogP contribution in [0, 0.1) is 0 Å². The smallest absolute Gasteiger partial charge is 0.310 e. The number of hydrogen-bond donors (Lipinski definition) is 2. The van der Waals surface area contributed by atoms with Gasteiger partial charge in [-0.2, -0.15) is 0 Å². The molecule has 0 spiro atoms. The first-order valence-electron chi connectivity index (χ1n) is 6.19. The minimum absolute atomic E-state index is 0.443.